The SMILES string of the molecule is CCCOC(C)(CC(C)C)C(=O)Nc1ccc(OCC(C)C)c(C#N)c1. The van der Waals surface area contributed by atoms with Gasteiger partial charge in [-0.2, -0.15) is 5.26 Å². The van der Waals surface area contributed by atoms with Gasteiger partial charge in [0.1, 0.15) is 17.4 Å². The lowest BCUT2D eigenvalue weighted by Crippen LogP contribution is -2.44. The minimum Gasteiger partial charge on any atom is -0.492 e. The normalized spacial score (nSPS) is 13.3. The Morgan fingerprint density at radius 2 is 1.96 bits per heavy atom. The summed E-state index contributed by atoms with van der Waals surface area (Å²) in [5.74, 6) is 1.03. The number of nitrogens with one attached hydrogen (secondary N) is 1. The second-order valence-electron chi connectivity index (χ2n) is 7.66. The maximum absolute atomic E-state index is 12.8. The second-order valence-corrected chi connectivity index (χ2v) is 7.66. The number of ether oxygens (including phenoxy) is 2. The molecule has 1 rings (SSSR count). The molecular weight excluding hydrogens is 328 g/mol. The topological polar surface area (TPSA) is 71.3 Å². The van der Waals surface area contributed by atoms with Gasteiger partial charge in [-0.25, -0.2) is 0 Å². The summed E-state index contributed by atoms with van der Waals surface area (Å²) in [5.41, 5.74) is 0.0751. The lowest BCUT2D eigenvalue weighted by Gasteiger charge is -2.30. The van der Waals surface area contributed by atoms with Crippen LogP contribution in [0.3, 0.4) is 0 Å². The van der Waals surface area contributed by atoms with Gasteiger partial charge in [-0.1, -0.05) is 34.6 Å². The van der Waals surface area contributed by atoms with Gasteiger partial charge >= 0.3 is 0 Å². The fraction of sp³-hybridized carbons (Fsp3) is 0.619. The monoisotopic (exact) mass is 360 g/mol. The van der Waals surface area contributed by atoms with Crippen LogP contribution in [0.2, 0.25) is 0 Å². The zero-order valence-corrected chi connectivity index (χ0v) is 16.9. The molecule has 0 fully saturated rings. The molecule has 1 atom stereocenters. The Morgan fingerprint density at radius 1 is 1.27 bits per heavy atom. The summed E-state index contributed by atoms with van der Waals surface area (Å²) in [4.78, 5) is 12.8. The smallest absolute Gasteiger partial charge is 0.256 e. The Labute approximate surface area is 157 Å². The number of amides is 1. The van der Waals surface area contributed by atoms with Gasteiger partial charge in [-0.05, 0) is 49.8 Å². The van der Waals surface area contributed by atoms with Crippen molar-refractivity contribution in [1.82, 2.24) is 0 Å². The molecule has 5 heteroatoms. The van der Waals surface area contributed by atoms with Crippen LogP contribution in [-0.2, 0) is 9.53 Å². The first-order valence-corrected chi connectivity index (χ1v) is 9.34. The van der Waals surface area contributed by atoms with E-state index in [9.17, 15) is 10.1 Å². The zero-order valence-electron chi connectivity index (χ0n) is 16.9. The molecule has 0 spiro atoms. The van der Waals surface area contributed by atoms with Crippen molar-refractivity contribution >= 4 is 11.6 Å². The van der Waals surface area contributed by atoms with Gasteiger partial charge in [-0.15, -0.1) is 0 Å². The highest BCUT2D eigenvalue weighted by molar-refractivity contribution is 5.97. The lowest BCUT2D eigenvalue weighted by molar-refractivity contribution is -0.141. The molecule has 1 amide bonds. The molecule has 0 aromatic heterocycles. The molecule has 0 saturated carbocycles. The summed E-state index contributed by atoms with van der Waals surface area (Å²) in [6.45, 7) is 13.1. The van der Waals surface area contributed by atoms with Crippen molar-refractivity contribution < 1.29 is 14.3 Å². The van der Waals surface area contributed by atoms with Gasteiger partial charge in [0.25, 0.3) is 5.91 Å². The second kappa shape index (κ2) is 10.2. The number of carbonyl (C=O) groups excluding carboxylic acids is 1. The number of nitrogens with zero attached hydrogens (tertiary/aromatic N) is 1. The summed E-state index contributed by atoms with van der Waals surface area (Å²) < 4.78 is 11.5. The number of anilines is 1. The molecular formula is C21H32N2O3. The van der Waals surface area contributed by atoms with Gasteiger partial charge in [0.15, 0.2) is 0 Å². The van der Waals surface area contributed by atoms with Crippen LogP contribution >= 0.6 is 0 Å². The van der Waals surface area contributed by atoms with Crippen LogP contribution in [0.4, 0.5) is 5.69 Å². The number of carbonyl (C=O) groups is 1. The van der Waals surface area contributed by atoms with Gasteiger partial charge in [0, 0.05) is 12.3 Å². The van der Waals surface area contributed by atoms with Crippen LogP contribution in [0, 0.1) is 23.2 Å². The number of nitriles is 1. The van der Waals surface area contributed by atoms with Crippen molar-refractivity contribution in [1.29, 1.82) is 5.26 Å². The molecule has 0 radical (unpaired) electrons. The average Bonchev–Trinajstić information content (AvgIpc) is 2.57. The number of rotatable bonds is 10. The van der Waals surface area contributed by atoms with E-state index in [1.165, 1.54) is 0 Å². The van der Waals surface area contributed by atoms with Gasteiger partial charge < -0.3 is 14.8 Å². The third-order valence-electron chi connectivity index (χ3n) is 3.83. The van der Waals surface area contributed by atoms with Gasteiger partial charge in [0.2, 0.25) is 0 Å². The first kappa shape index (κ1) is 22.0. The lowest BCUT2D eigenvalue weighted by atomic mass is 9.93. The molecule has 144 valence electrons. The highest BCUT2D eigenvalue weighted by Crippen LogP contribution is 2.26. The Balaban J connectivity index is 2.94. The van der Waals surface area contributed by atoms with E-state index in [0.717, 1.165) is 6.42 Å². The quantitative estimate of drug-likeness (QED) is 0.653. The Bertz CT molecular complexity index is 635. The fourth-order valence-corrected chi connectivity index (χ4v) is 2.66. The maximum Gasteiger partial charge on any atom is 0.256 e. The number of hydrogen-bond acceptors (Lipinski definition) is 4. The molecule has 0 aliphatic rings. The number of benzene rings is 1. The predicted molar refractivity (Wildman–Crippen MR) is 104 cm³/mol. The number of hydrogen-bond donors (Lipinski definition) is 1. The molecule has 5 nitrogen and oxygen atoms in total. The van der Waals surface area contributed by atoms with Crippen molar-refractivity contribution in [2.45, 2.75) is 60.0 Å². The van der Waals surface area contributed by atoms with Crippen LogP contribution in [0.1, 0.15) is 59.9 Å². The Kier molecular flexibility index (Phi) is 8.60. The Hall–Kier alpha value is -2.06. The molecule has 0 saturated heterocycles. The Morgan fingerprint density at radius 3 is 2.50 bits per heavy atom. The van der Waals surface area contributed by atoms with Crippen molar-refractivity contribution in [3.63, 3.8) is 0 Å². The molecule has 1 unspecified atom stereocenters. The third-order valence-corrected chi connectivity index (χ3v) is 3.83. The van der Waals surface area contributed by atoms with E-state index < -0.39 is 5.60 Å². The zero-order chi connectivity index (χ0) is 19.7. The van der Waals surface area contributed by atoms with E-state index in [2.05, 4.69) is 25.2 Å². The first-order chi connectivity index (χ1) is 12.2. The first-order valence-electron chi connectivity index (χ1n) is 9.34. The highest BCUT2D eigenvalue weighted by Gasteiger charge is 2.35. The van der Waals surface area contributed by atoms with E-state index >= 15 is 0 Å². The summed E-state index contributed by atoms with van der Waals surface area (Å²) in [6, 6.07) is 7.25. The molecule has 0 bridgehead atoms. The van der Waals surface area contributed by atoms with Crippen LogP contribution in [0.5, 0.6) is 5.75 Å². The molecule has 26 heavy (non-hydrogen) atoms. The summed E-state index contributed by atoms with van der Waals surface area (Å²) in [6.07, 6.45) is 1.47. The minimum absolute atomic E-state index is 0.195. The van der Waals surface area contributed by atoms with Crippen LogP contribution in [0.25, 0.3) is 0 Å². The molecule has 0 aliphatic carbocycles. The van der Waals surface area contributed by atoms with E-state index in [4.69, 9.17) is 9.47 Å². The predicted octanol–water partition coefficient (Wildman–Crippen LogP) is 4.76. The minimum atomic E-state index is -0.899. The molecule has 1 aromatic rings. The van der Waals surface area contributed by atoms with E-state index in [-0.39, 0.29) is 5.91 Å². The van der Waals surface area contributed by atoms with Crippen molar-refractivity contribution in [2.24, 2.45) is 11.8 Å². The summed E-state index contributed by atoms with van der Waals surface area (Å²) >= 11 is 0. The van der Waals surface area contributed by atoms with Crippen molar-refractivity contribution in [2.75, 3.05) is 18.5 Å². The fourth-order valence-electron chi connectivity index (χ4n) is 2.66. The summed E-state index contributed by atoms with van der Waals surface area (Å²) in [5, 5.41) is 12.3. The van der Waals surface area contributed by atoms with E-state index in [1.807, 2.05) is 27.7 Å². The average molecular weight is 360 g/mol. The third kappa shape index (κ3) is 6.68. The highest BCUT2D eigenvalue weighted by atomic mass is 16.5. The van der Waals surface area contributed by atoms with Crippen LogP contribution < -0.4 is 10.1 Å². The van der Waals surface area contributed by atoms with Crippen molar-refractivity contribution in [3.05, 3.63) is 23.8 Å². The summed E-state index contributed by atoms with van der Waals surface area (Å²) in [7, 11) is 0. The molecule has 1 N–H and O–H groups in total. The van der Waals surface area contributed by atoms with Gasteiger partial charge in [0.05, 0.1) is 12.2 Å². The molecule has 0 aliphatic heterocycles. The standard InChI is InChI=1S/C21H32N2O3/c1-7-10-26-21(6,12-15(2)3)20(24)23-18-8-9-19(17(11-18)13-22)25-14-16(4)5/h8-9,11,15-16H,7,10,12,14H2,1-6H3,(H,23,24). The van der Waals surface area contributed by atoms with Gasteiger partial charge in [-0.3, -0.25) is 4.79 Å². The van der Waals surface area contributed by atoms with E-state index in [1.54, 1.807) is 18.2 Å². The maximum atomic E-state index is 12.8. The largest absolute Gasteiger partial charge is 0.492 e. The molecule has 0 heterocycles. The van der Waals surface area contributed by atoms with Crippen LogP contribution in [-0.4, -0.2) is 24.7 Å². The van der Waals surface area contributed by atoms with E-state index in [0.29, 0.717) is 48.5 Å². The molecule has 1 aromatic carbocycles. The van der Waals surface area contributed by atoms with Crippen LogP contribution in [0.15, 0.2) is 18.2 Å². The van der Waals surface area contributed by atoms with Crippen molar-refractivity contribution in [3.8, 4) is 11.8 Å².